The third-order valence-corrected chi connectivity index (χ3v) is 4.29. The molecule has 2 rings (SSSR count). The first-order valence-corrected chi connectivity index (χ1v) is 7.92. The number of nitrogens with one attached hydrogen (secondary N) is 1. The van der Waals surface area contributed by atoms with E-state index in [-0.39, 0.29) is 5.92 Å². The van der Waals surface area contributed by atoms with E-state index in [1.54, 1.807) is 32.9 Å². The molecule has 2 aromatic rings. The molecule has 2 heterocycles. The monoisotopic (exact) mass is 333 g/mol. The molecule has 0 fully saturated rings. The lowest BCUT2D eigenvalue weighted by atomic mass is 9.99. The van der Waals surface area contributed by atoms with Crippen LogP contribution >= 0.6 is 0 Å². The number of hydrogen-bond acceptors (Lipinski definition) is 4. The summed E-state index contributed by atoms with van der Waals surface area (Å²) >= 11 is 0. The Bertz CT molecular complexity index is 760. The van der Waals surface area contributed by atoms with Gasteiger partial charge in [0, 0.05) is 17.5 Å². The van der Waals surface area contributed by atoms with Gasteiger partial charge in [-0.3, -0.25) is 9.36 Å². The maximum atomic E-state index is 12.6. The summed E-state index contributed by atoms with van der Waals surface area (Å²) in [6.07, 6.45) is 0.661. The lowest BCUT2D eigenvalue weighted by molar-refractivity contribution is -0.140. The first-order valence-electron chi connectivity index (χ1n) is 7.92. The fourth-order valence-corrected chi connectivity index (χ4v) is 2.71. The van der Waals surface area contributed by atoms with Crippen LogP contribution in [0.5, 0.6) is 0 Å². The topological polar surface area (TPSA) is 97.4 Å². The molecule has 0 radical (unpaired) electrons. The van der Waals surface area contributed by atoms with Crippen LogP contribution in [0.3, 0.4) is 0 Å². The molecule has 0 aliphatic rings. The van der Waals surface area contributed by atoms with Crippen LogP contribution in [-0.2, 0) is 4.79 Å². The third-order valence-electron chi connectivity index (χ3n) is 4.29. The van der Waals surface area contributed by atoms with Gasteiger partial charge in [0.1, 0.15) is 11.8 Å². The van der Waals surface area contributed by atoms with E-state index in [2.05, 4.69) is 10.5 Å². The summed E-state index contributed by atoms with van der Waals surface area (Å²) in [4.78, 5) is 24.0. The van der Waals surface area contributed by atoms with Crippen molar-refractivity contribution >= 4 is 11.9 Å². The van der Waals surface area contributed by atoms with Gasteiger partial charge in [-0.1, -0.05) is 25.4 Å². The maximum Gasteiger partial charge on any atom is 0.326 e. The highest BCUT2D eigenvalue weighted by atomic mass is 16.5. The van der Waals surface area contributed by atoms with Gasteiger partial charge in [-0.25, -0.2) is 4.79 Å². The Morgan fingerprint density at radius 3 is 2.50 bits per heavy atom. The highest BCUT2D eigenvalue weighted by Gasteiger charge is 2.27. The smallest absolute Gasteiger partial charge is 0.326 e. The third kappa shape index (κ3) is 3.34. The number of nitrogens with zero attached hydrogens (tertiary/aromatic N) is 2. The molecule has 0 aromatic carbocycles. The minimum absolute atomic E-state index is 0.159. The zero-order chi connectivity index (χ0) is 18.0. The van der Waals surface area contributed by atoms with E-state index >= 15 is 0 Å². The van der Waals surface area contributed by atoms with E-state index in [0.717, 1.165) is 5.69 Å². The van der Waals surface area contributed by atoms with Crippen LogP contribution in [0.1, 0.15) is 47.8 Å². The molecule has 0 aliphatic heterocycles. The minimum atomic E-state index is -1.03. The predicted molar refractivity (Wildman–Crippen MR) is 88.4 cm³/mol. The Morgan fingerprint density at radius 2 is 2.00 bits per heavy atom. The van der Waals surface area contributed by atoms with Gasteiger partial charge in [0.2, 0.25) is 0 Å². The molecule has 0 saturated carbocycles. The summed E-state index contributed by atoms with van der Waals surface area (Å²) in [5.74, 6) is -0.321. The number of hydrogen-bond donors (Lipinski definition) is 2. The second kappa shape index (κ2) is 6.90. The number of aryl methyl sites for hydroxylation is 2. The van der Waals surface area contributed by atoms with Gasteiger partial charge in [0.15, 0.2) is 5.82 Å². The fourth-order valence-electron chi connectivity index (χ4n) is 2.71. The molecular weight excluding hydrogens is 310 g/mol. The second-order valence-corrected chi connectivity index (χ2v) is 6.09. The van der Waals surface area contributed by atoms with Gasteiger partial charge in [0.25, 0.3) is 5.91 Å². The van der Waals surface area contributed by atoms with Crippen LogP contribution in [0, 0.1) is 26.7 Å². The molecule has 24 heavy (non-hydrogen) atoms. The molecular formula is C17H23N3O4. The highest BCUT2D eigenvalue weighted by Crippen LogP contribution is 2.21. The molecule has 7 heteroatoms. The molecule has 1 amide bonds. The van der Waals surface area contributed by atoms with Gasteiger partial charge in [-0.2, -0.15) is 0 Å². The SMILES string of the molecule is CC[C@H](C)[C@H](NC(=O)c1cc(C)n(-c2cc(C)on2)c1C)C(=O)O. The second-order valence-electron chi connectivity index (χ2n) is 6.09. The van der Waals surface area contributed by atoms with Crippen LogP contribution in [0.4, 0.5) is 0 Å². The van der Waals surface area contributed by atoms with Crippen LogP contribution in [-0.4, -0.2) is 32.7 Å². The average Bonchev–Trinajstić information content (AvgIpc) is 3.06. The van der Waals surface area contributed by atoms with Gasteiger partial charge in [0.05, 0.1) is 5.56 Å². The Morgan fingerprint density at radius 1 is 1.33 bits per heavy atom. The number of carbonyl (C=O) groups is 2. The molecule has 7 nitrogen and oxygen atoms in total. The molecule has 2 atom stereocenters. The minimum Gasteiger partial charge on any atom is -0.480 e. The van der Waals surface area contributed by atoms with Crippen molar-refractivity contribution in [3.8, 4) is 5.82 Å². The zero-order valence-electron chi connectivity index (χ0n) is 14.6. The molecule has 0 saturated heterocycles. The van der Waals surface area contributed by atoms with E-state index in [1.807, 2.05) is 18.4 Å². The van der Waals surface area contributed by atoms with Crippen molar-refractivity contribution in [2.75, 3.05) is 0 Å². The van der Waals surface area contributed by atoms with Crippen LogP contribution in [0.2, 0.25) is 0 Å². The zero-order valence-corrected chi connectivity index (χ0v) is 14.6. The van der Waals surface area contributed by atoms with Crippen LogP contribution < -0.4 is 5.32 Å². The summed E-state index contributed by atoms with van der Waals surface area (Å²) in [6.45, 7) is 9.15. The van der Waals surface area contributed by atoms with Gasteiger partial charge in [-0.15, -0.1) is 0 Å². The normalized spacial score (nSPS) is 13.5. The van der Waals surface area contributed by atoms with Crippen LogP contribution in [0.15, 0.2) is 16.7 Å². The molecule has 0 unspecified atom stereocenters. The lowest BCUT2D eigenvalue weighted by Gasteiger charge is -2.20. The predicted octanol–water partition coefficient (Wildman–Crippen LogP) is 2.62. The van der Waals surface area contributed by atoms with Gasteiger partial charge < -0.3 is 14.9 Å². The van der Waals surface area contributed by atoms with E-state index in [1.165, 1.54) is 0 Å². The largest absolute Gasteiger partial charge is 0.480 e. The lowest BCUT2D eigenvalue weighted by Crippen LogP contribution is -2.45. The quantitative estimate of drug-likeness (QED) is 0.847. The fraction of sp³-hybridized carbons (Fsp3) is 0.471. The summed E-state index contributed by atoms with van der Waals surface area (Å²) in [7, 11) is 0. The van der Waals surface area contributed by atoms with Gasteiger partial charge >= 0.3 is 5.97 Å². The first-order chi connectivity index (χ1) is 11.3. The Labute approximate surface area is 140 Å². The van der Waals surface area contributed by atoms with E-state index in [9.17, 15) is 14.7 Å². The van der Waals surface area contributed by atoms with Crippen molar-refractivity contribution in [1.82, 2.24) is 15.0 Å². The Hall–Kier alpha value is -2.57. The number of carboxylic acids is 1. The Kier molecular flexibility index (Phi) is 5.11. The number of aromatic nitrogens is 2. The van der Waals surface area contributed by atoms with Crippen molar-refractivity contribution in [3.05, 3.63) is 34.8 Å². The van der Waals surface area contributed by atoms with Gasteiger partial charge in [-0.05, 0) is 32.8 Å². The molecule has 2 N–H and O–H groups in total. The van der Waals surface area contributed by atoms with Crippen LogP contribution in [0.25, 0.3) is 5.82 Å². The van der Waals surface area contributed by atoms with E-state index in [0.29, 0.717) is 29.3 Å². The maximum absolute atomic E-state index is 12.6. The van der Waals surface area contributed by atoms with Crippen molar-refractivity contribution < 1.29 is 19.2 Å². The summed E-state index contributed by atoms with van der Waals surface area (Å²) in [5.41, 5.74) is 1.94. The number of aliphatic carboxylic acids is 1. The number of carbonyl (C=O) groups excluding carboxylic acids is 1. The average molecular weight is 333 g/mol. The summed E-state index contributed by atoms with van der Waals surface area (Å²) in [6, 6.07) is 2.59. The Balaban J connectivity index is 2.32. The highest BCUT2D eigenvalue weighted by molar-refractivity contribution is 5.98. The summed E-state index contributed by atoms with van der Waals surface area (Å²) in [5, 5.41) is 15.9. The van der Waals surface area contributed by atoms with Crippen molar-refractivity contribution in [1.29, 1.82) is 0 Å². The molecule has 130 valence electrons. The van der Waals surface area contributed by atoms with E-state index in [4.69, 9.17) is 4.52 Å². The molecule has 0 bridgehead atoms. The standard InChI is InChI=1S/C17H23N3O4/c1-6-9(2)15(17(22)23)18-16(21)13-7-10(3)20(12(13)5)14-8-11(4)24-19-14/h7-9,15H,6H2,1-5H3,(H,18,21)(H,22,23)/t9-,15-/m0/s1. The molecule has 0 spiro atoms. The van der Waals surface area contributed by atoms with Crippen molar-refractivity contribution in [3.63, 3.8) is 0 Å². The number of carboxylic acid groups (broad SMARTS) is 1. The number of rotatable bonds is 6. The molecule has 0 aliphatic carbocycles. The summed E-state index contributed by atoms with van der Waals surface area (Å²) < 4.78 is 6.90. The first kappa shape index (κ1) is 17.8. The van der Waals surface area contributed by atoms with Crippen molar-refractivity contribution in [2.24, 2.45) is 5.92 Å². The van der Waals surface area contributed by atoms with E-state index < -0.39 is 17.9 Å². The number of amides is 1. The molecule has 2 aromatic heterocycles. The van der Waals surface area contributed by atoms with Crippen molar-refractivity contribution in [2.45, 2.75) is 47.1 Å².